The molecule has 124 valence electrons. The first kappa shape index (κ1) is 17.1. The highest BCUT2D eigenvalue weighted by Gasteiger charge is 2.07. The van der Waals surface area contributed by atoms with Gasteiger partial charge in [0.15, 0.2) is 0 Å². The van der Waals surface area contributed by atoms with E-state index < -0.39 is 4.92 Å². The van der Waals surface area contributed by atoms with E-state index in [0.717, 1.165) is 5.56 Å². The van der Waals surface area contributed by atoms with Gasteiger partial charge in [-0.1, -0.05) is 24.3 Å². The molecular formula is C17H17N3O4. The molecule has 0 aliphatic carbocycles. The van der Waals surface area contributed by atoms with E-state index in [-0.39, 0.29) is 30.5 Å². The highest BCUT2D eigenvalue weighted by Crippen LogP contribution is 2.13. The van der Waals surface area contributed by atoms with Gasteiger partial charge < -0.3 is 10.6 Å². The number of hydrogen-bond acceptors (Lipinski definition) is 4. The van der Waals surface area contributed by atoms with Crippen LogP contribution in [0.25, 0.3) is 0 Å². The first-order valence-electron chi connectivity index (χ1n) is 7.30. The zero-order valence-electron chi connectivity index (χ0n) is 13.1. The monoisotopic (exact) mass is 327 g/mol. The second kappa shape index (κ2) is 7.87. The fraction of sp³-hybridized carbons (Fsp3) is 0.176. The maximum Gasteiger partial charge on any atom is 0.269 e. The molecule has 0 saturated heterocycles. The minimum absolute atomic E-state index is 0.00434. The van der Waals surface area contributed by atoms with E-state index in [1.165, 1.54) is 19.1 Å². The van der Waals surface area contributed by atoms with Gasteiger partial charge in [0.05, 0.1) is 11.3 Å². The van der Waals surface area contributed by atoms with Crippen LogP contribution in [0.15, 0.2) is 48.5 Å². The predicted molar refractivity (Wildman–Crippen MR) is 89.4 cm³/mol. The van der Waals surface area contributed by atoms with E-state index in [4.69, 9.17) is 0 Å². The molecule has 0 heterocycles. The third kappa shape index (κ3) is 5.20. The Morgan fingerprint density at radius 2 is 1.79 bits per heavy atom. The molecule has 0 unspecified atom stereocenters. The summed E-state index contributed by atoms with van der Waals surface area (Å²) in [6.45, 7) is 1.65. The number of amides is 2. The molecule has 24 heavy (non-hydrogen) atoms. The van der Waals surface area contributed by atoms with Crippen molar-refractivity contribution in [3.05, 3.63) is 69.8 Å². The zero-order valence-corrected chi connectivity index (χ0v) is 13.1. The smallest absolute Gasteiger partial charge is 0.269 e. The van der Waals surface area contributed by atoms with E-state index in [0.29, 0.717) is 11.3 Å². The van der Waals surface area contributed by atoms with Crippen LogP contribution in [0.1, 0.15) is 18.1 Å². The van der Waals surface area contributed by atoms with Crippen LogP contribution in [-0.2, 0) is 22.6 Å². The molecule has 2 rings (SSSR count). The predicted octanol–water partition coefficient (Wildman–Crippen LogP) is 2.41. The Balaban J connectivity index is 1.88. The number of carbonyl (C=O) groups excluding carboxylic acids is 2. The lowest BCUT2D eigenvalue weighted by Crippen LogP contribution is -2.24. The molecule has 0 fully saturated rings. The molecule has 2 aromatic carbocycles. The van der Waals surface area contributed by atoms with Gasteiger partial charge in [-0.05, 0) is 23.3 Å². The molecule has 2 amide bonds. The van der Waals surface area contributed by atoms with Crippen molar-refractivity contribution in [1.82, 2.24) is 5.32 Å². The van der Waals surface area contributed by atoms with Crippen LogP contribution in [0.5, 0.6) is 0 Å². The Labute approximate surface area is 138 Å². The van der Waals surface area contributed by atoms with Crippen molar-refractivity contribution in [2.24, 2.45) is 0 Å². The zero-order chi connectivity index (χ0) is 17.5. The summed E-state index contributed by atoms with van der Waals surface area (Å²) in [7, 11) is 0. The van der Waals surface area contributed by atoms with Gasteiger partial charge in [0, 0.05) is 31.3 Å². The van der Waals surface area contributed by atoms with Crippen LogP contribution in [0, 0.1) is 10.1 Å². The number of non-ortho nitro benzene ring substituents is 1. The minimum atomic E-state index is -0.470. The number of benzene rings is 2. The third-order valence-electron chi connectivity index (χ3n) is 3.25. The van der Waals surface area contributed by atoms with E-state index in [1.807, 2.05) is 0 Å². The lowest BCUT2D eigenvalue weighted by atomic mass is 10.1. The quantitative estimate of drug-likeness (QED) is 0.628. The maximum atomic E-state index is 12.0. The van der Waals surface area contributed by atoms with Crippen molar-refractivity contribution < 1.29 is 14.5 Å². The van der Waals surface area contributed by atoms with Crippen molar-refractivity contribution >= 4 is 23.2 Å². The molecule has 0 spiro atoms. The van der Waals surface area contributed by atoms with Crippen LogP contribution < -0.4 is 10.6 Å². The van der Waals surface area contributed by atoms with Crippen LogP contribution in [0.2, 0.25) is 0 Å². The normalized spacial score (nSPS) is 10.0. The Hall–Kier alpha value is -3.22. The molecule has 7 nitrogen and oxygen atoms in total. The minimum Gasteiger partial charge on any atom is -0.352 e. The van der Waals surface area contributed by atoms with Crippen molar-refractivity contribution in [2.75, 3.05) is 5.32 Å². The van der Waals surface area contributed by atoms with Crippen LogP contribution in [0.3, 0.4) is 0 Å². The number of nitrogens with zero attached hydrogens (tertiary/aromatic N) is 1. The fourth-order valence-electron chi connectivity index (χ4n) is 2.14. The van der Waals surface area contributed by atoms with Crippen molar-refractivity contribution in [3.63, 3.8) is 0 Å². The summed E-state index contributed by atoms with van der Waals surface area (Å²) in [5, 5.41) is 16.1. The standard InChI is InChI=1S/C17H17N3O4/c1-12(21)19-15-7-5-13(6-8-15)10-17(22)18-11-14-3-2-4-16(9-14)20(23)24/h2-9H,10-11H2,1H3,(H,18,22)(H,19,21). The van der Waals surface area contributed by atoms with Crippen LogP contribution >= 0.6 is 0 Å². The van der Waals surface area contributed by atoms with Gasteiger partial charge in [-0.15, -0.1) is 0 Å². The molecule has 0 radical (unpaired) electrons. The van der Waals surface area contributed by atoms with Crippen LogP contribution in [0.4, 0.5) is 11.4 Å². The number of nitrogens with one attached hydrogen (secondary N) is 2. The molecule has 0 bridgehead atoms. The Morgan fingerprint density at radius 3 is 2.42 bits per heavy atom. The van der Waals surface area contributed by atoms with Gasteiger partial charge in [0.25, 0.3) is 5.69 Å². The number of rotatable bonds is 6. The fourth-order valence-corrected chi connectivity index (χ4v) is 2.14. The molecule has 0 aliphatic heterocycles. The lowest BCUT2D eigenvalue weighted by molar-refractivity contribution is -0.384. The maximum absolute atomic E-state index is 12.0. The van der Waals surface area contributed by atoms with Gasteiger partial charge in [0.1, 0.15) is 0 Å². The lowest BCUT2D eigenvalue weighted by Gasteiger charge is -2.07. The molecule has 2 N–H and O–H groups in total. The summed E-state index contributed by atoms with van der Waals surface area (Å²) < 4.78 is 0. The average Bonchev–Trinajstić information content (AvgIpc) is 2.54. The third-order valence-corrected chi connectivity index (χ3v) is 3.25. The molecule has 7 heteroatoms. The van der Waals surface area contributed by atoms with Crippen LogP contribution in [-0.4, -0.2) is 16.7 Å². The van der Waals surface area contributed by atoms with E-state index in [9.17, 15) is 19.7 Å². The van der Waals surface area contributed by atoms with Gasteiger partial charge in [-0.25, -0.2) is 0 Å². The largest absolute Gasteiger partial charge is 0.352 e. The summed E-state index contributed by atoms with van der Waals surface area (Å²) >= 11 is 0. The first-order valence-corrected chi connectivity index (χ1v) is 7.30. The van der Waals surface area contributed by atoms with Gasteiger partial charge >= 0.3 is 0 Å². The molecule has 0 aromatic heterocycles. The highest BCUT2D eigenvalue weighted by molar-refractivity contribution is 5.88. The van der Waals surface area contributed by atoms with Gasteiger partial charge in [-0.3, -0.25) is 19.7 Å². The first-order chi connectivity index (χ1) is 11.4. The highest BCUT2D eigenvalue weighted by atomic mass is 16.6. The Kier molecular flexibility index (Phi) is 5.62. The second-order valence-corrected chi connectivity index (χ2v) is 5.26. The summed E-state index contributed by atoms with van der Waals surface area (Å²) in [5.41, 5.74) is 2.14. The molecule has 2 aromatic rings. The number of anilines is 1. The van der Waals surface area contributed by atoms with Crippen molar-refractivity contribution in [1.29, 1.82) is 0 Å². The van der Waals surface area contributed by atoms with Crippen molar-refractivity contribution in [2.45, 2.75) is 19.9 Å². The average molecular weight is 327 g/mol. The molecule has 0 atom stereocenters. The molecule has 0 aliphatic rings. The summed E-state index contributed by atoms with van der Waals surface area (Å²) in [6, 6.07) is 13.1. The Bertz CT molecular complexity index is 757. The summed E-state index contributed by atoms with van der Waals surface area (Å²) in [4.78, 5) is 33.1. The summed E-state index contributed by atoms with van der Waals surface area (Å²) in [5.74, 6) is -0.341. The van der Waals surface area contributed by atoms with E-state index in [2.05, 4.69) is 10.6 Å². The van der Waals surface area contributed by atoms with Crippen molar-refractivity contribution in [3.8, 4) is 0 Å². The summed E-state index contributed by atoms with van der Waals surface area (Å²) in [6.07, 6.45) is 0.190. The van der Waals surface area contributed by atoms with E-state index >= 15 is 0 Å². The number of nitro groups is 1. The van der Waals surface area contributed by atoms with Gasteiger partial charge in [0.2, 0.25) is 11.8 Å². The number of carbonyl (C=O) groups is 2. The molecular weight excluding hydrogens is 310 g/mol. The Morgan fingerprint density at radius 1 is 1.08 bits per heavy atom. The number of nitro benzene ring substituents is 1. The molecule has 0 saturated carbocycles. The second-order valence-electron chi connectivity index (χ2n) is 5.26. The SMILES string of the molecule is CC(=O)Nc1ccc(CC(=O)NCc2cccc([N+](=O)[O-])c2)cc1. The van der Waals surface area contributed by atoms with Gasteiger partial charge in [-0.2, -0.15) is 0 Å². The van der Waals surface area contributed by atoms with E-state index in [1.54, 1.807) is 36.4 Å². The topological polar surface area (TPSA) is 101 Å². The number of hydrogen-bond donors (Lipinski definition) is 2.